The lowest BCUT2D eigenvalue weighted by molar-refractivity contribution is 0.0777. The summed E-state index contributed by atoms with van der Waals surface area (Å²) in [5, 5.41) is 8.84. The first-order valence-corrected chi connectivity index (χ1v) is 9.52. The minimum absolute atomic E-state index is 0.219. The Labute approximate surface area is 173 Å². The van der Waals surface area contributed by atoms with Crippen molar-refractivity contribution in [3.05, 3.63) is 101 Å². The van der Waals surface area contributed by atoms with Crippen molar-refractivity contribution in [1.29, 1.82) is 0 Å². The smallest absolute Gasteiger partial charge is 0.274 e. The van der Waals surface area contributed by atoms with Gasteiger partial charge >= 0.3 is 0 Å². The number of rotatable bonds is 5. The van der Waals surface area contributed by atoms with Crippen LogP contribution in [-0.2, 0) is 13.6 Å². The zero-order valence-corrected chi connectivity index (χ0v) is 16.8. The largest absolute Gasteiger partial charge is 0.336 e. The quantitative estimate of drug-likeness (QED) is 0.517. The Bertz CT molecular complexity index is 1230. The van der Waals surface area contributed by atoms with Crippen molar-refractivity contribution in [3.63, 3.8) is 0 Å². The number of hydrogen-bond acceptors (Lipinski definition) is 4. The Morgan fingerprint density at radius 3 is 2.27 bits per heavy atom. The van der Waals surface area contributed by atoms with Gasteiger partial charge < -0.3 is 4.90 Å². The summed E-state index contributed by atoms with van der Waals surface area (Å²) in [6, 6.07) is 22.5. The van der Waals surface area contributed by atoms with Crippen molar-refractivity contribution in [1.82, 2.24) is 24.5 Å². The second kappa shape index (κ2) is 8.16. The average molecular weight is 399 g/mol. The van der Waals surface area contributed by atoms with E-state index in [0.717, 1.165) is 27.2 Å². The van der Waals surface area contributed by atoms with Gasteiger partial charge in [0, 0.05) is 44.0 Å². The van der Waals surface area contributed by atoms with Gasteiger partial charge in [-0.05, 0) is 18.2 Å². The number of aromatic nitrogens is 4. The molecule has 2 aromatic heterocycles. The highest BCUT2D eigenvalue weighted by Gasteiger charge is 2.19. The van der Waals surface area contributed by atoms with E-state index >= 15 is 0 Å². The van der Waals surface area contributed by atoms with E-state index in [1.165, 1.54) is 19.2 Å². The molecule has 1 amide bonds. The predicted octanol–water partition coefficient (Wildman–Crippen LogP) is 2.91. The molecule has 4 rings (SSSR count). The molecule has 0 aliphatic heterocycles. The highest BCUT2D eigenvalue weighted by Crippen LogP contribution is 2.25. The maximum absolute atomic E-state index is 12.9. The van der Waals surface area contributed by atoms with Crippen LogP contribution < -0.4 is 5.56 Å². The van der Waals surface area contributed by atoms with Crippen LogP contribution >= 0.6 is 0 Å². The molecular weight excluding hydrogens is 378 g/mol. The maximum Gasteiger partial charge on any atom is 0.274 e. The molecule has 0 saturated heterocycles. The summed E-state index contributed by atoms with van der Waals surface area (Å²) in [4.78, 5) is 26.0. The van der Waals surface area contributed by atoms with Crippen LogP contribution in [0.5, 0.6) is 0 Å². The van der Waals surface area contributed by atoms with Crippen molar-refractivity contribution in [2.75, 3.05) is 7.05 Å². The van der Waals surface area contributed by atoms with Gasteiger partial charge in [-0.1, -0.05) is 48.5 Å². The van der Waals surface area contributed by atoms with Crippen LogP contribution in [0.4, 0.5) is 0 Å². The van der Waals surface area contributed by atoms with Crippen molar-refractivity contribution >= 4 is 5.91 Å². The van der Waals surface area contributed by atoms with E-state index in [4.69, 9.17) is 5.10 Å². The van der Waals surface area contributed by atoms with Crippen LogP contribution in [0, 0.1) is 0 Å². The number of hydrogen-bond donors (Lipinski definition) is 0. The van der Waals surface area contributed by atoms with Gasteiger partial charge in [-0.25, -0.2) is 9.36 Å². The number of aryl methyl sites for hydroxylation is 1. The normalized spacial score (nSPS) is 10.7. The van der Waals surface area contributed by atoms with E-state index in [0.29, 0.717) is 6.54 Å². The molecule has 0 unspecified atom stereocenters. The van der Waals surface area contributed by atoms with Gasteiger partial charge in [0.15, 0.2) is 0 Å². The number of nitrogens with zero attached hydrogens (tertiary/aromatic N) is 5. The molecule has 150 valence electrons. The van der Waals surface area contributed by atoms with Gasteiger partial charge in [-0.2, -0.15) is 10.2 Å². The zero-order valence-electron chi connectivity index (χ0n) is 16.8. The average Bonchev–Trinajstić information content (AvgIpc) is 3.20. The number of carbonyl (C=O) groups is 1. The highest BCUT2D eigenvalue weighted by molar-refractivity contribution is 5.92. The molecule has 0 atom stereocenters. The SMILES string of the molecule is CN(Cc1cn(-c2ccccc2)nc1-c1ccccc1)C(=O)c1ccc(=O)n(C)n1. The fourth-order valence-corrected chi connectivity index (χ4v) is 3.22. The third kappa shape index (κ3) is 3.91. The Hall–Kier alpha value is -4.00. The minimum atomic E-state index is -0.267. The molecule has 2 aromatic carbocycles. The molecule has 0 bridgehead atoms. The van der Waals surface area contributed by atoms with Gasteiger partial charge in [-0.3, -0.25) is 9.59 Å². The fraction of sp³-hybridized carbons (Fsp3) is 0.130. The first kappa shape index (κ1) is 19.3. The van der Waals surface area contributed by atoms with Crippen LogP contribution in [-0.4, -0.2) is 37.4 Å². The van der Waals surface area contributed by atoms with E-state index < -0.39 is 0 Å². The fourth-order valence-electron chi connectivity index (χ4n) is 3.22. The molecule has 0 radical (unpaired) electrons. The monoisotopic (exact) mass is 399 g/mol. The standard InChI is InChI=1S/C23H21N5O2/c1-26(23(30)20-13-14-21(29)27(2)24-20)15-18-16-28(19-11-7-4-8-12-19)25-22(18)17-9-5-3-6-10-17/h3-14,16H,15H2,1-2H3. The van der Waals surface area contributed by atoms with E-state index in [2.05, 4.69) is 5.10 Å². The Morgan fingerprint density at radius 1 is 0.933 bits per heavy atom. The van der Waals surface area contributed by atoms with Crippen LogP contribution in [0.3, 0.4) is 0 Å². The summed E-state index contributed by atoms with van der Waals surface area (Å²) < 4.78 is 2.98. The summed E-state index contributed by atoms with van der Waals surface area (Å²) in [6.45, 7) is 0.348. The highest BCUT2D eigenvalue weighted by atomic mass is 16.2. The van der Waals surface area contributed by atoms with E-state index in [-0.39, 0.29) is 17.2 Å². The van der Waals surface area contributed by atoms with Gasteiger partial charge in [0.25, 0.3) is 11.5 Å². The molecular formula is C23H21N5O2. The lowest BCUT2D eigenvalue weighted by Gasteiger charge is -2.16. The second-order valence-corrected chi connectivity index (χ2v) is 6.99. The van der Waals surface area contributed by atoms with Crippen molar-refractivity contribution in [3.8, 4) is 16.9 Å². The van der Waals surface area contributed by atoms with E-state index in [9.17, 15) is 9.59 Å². The predicted molar refractivity (Wildman–Crippen MR) is 114 cm³/mol. The third-order valence-electron chi connectivity index (χ3n) is 4.79. The lowest BCUT2D eigenvalue weighted by Crippen LogP contribution is -2.30. The zero-order chi connectivity index (χ0) is 21.1. The van der Waals surface area contributed by atoms with Crippen molar-refractivity contribution in [2.24, 2.45) is 7.05 Å². The molecule has 0 aliphatic carbocycles. The minimum Gasteiger partial charge on any atom is -0.336 e. The number of benzene rings is 2. The first-order valence-electron chi connectivity index (χ1n) is 9.52. The molecule has 0 N–H and O–H groups in total. The summed E-state index contributed by atoms with van der Waals surface area (Å²) in [7, 11) is 3.24. The molecule has 7 heteroatoms. The van der Waals surface area contributed by atoms with Gasteiger partial charge in [0.1, 0.15) is 5.69 Å². The summed E-state index contributed by atoms with van der Waals surface area (Å²) >= 11 is 0. The topological polar surface area (TPSA) is 73.0 Å². The Kier molecular flexibility index (Phi) is 5.26. The molecule has 4 aromatic rings. The summed E-state index contributed by atoms with van der Waals surface area (Å²) in [5.74, 6) is -0.267. The van der Waals surface area contributed by atoms with Crippen LogP contribution in [0.15, 0.2) is 83.8 Å². The third-order valence-corrected chi connectivity index (χ3v) is 4.79. The van der Waals surface area contributed by atoms with Crippen molar-refractivity contribution in [2.45, 2.75) is 6.54 Å². The van der Waals surface area contributed by atoms with E-state index in [1.807, 2.05) is 71.5 Å². The number of para-hydroxylation sites is 1. The summed E-state index contributed by atoms with van der Waals surface area (Å²) in [5.41, 5.74) is 3.59. The van der Waals surface area contributed by atoms with Crippen LogP contribution in [0.1, 0.15) is 16.1 Å². The van der Waals surface area contributed by atoms with E-state index in [1.54, 1.807) is 11.9 Å². The number of amides is 1. The van der Waals surface area contributed by atoms with Crippen LogP contribution in [0.2, 0.25) is 0 Å². The molecule has 0 saturated carbocycles. The molecule has 0 aliphatic rings. The molecule has 7 nitrogen and oxygen atoms in total. The molecule has 2 heterocycles. The van der Waals surface area contributed by atoms with Gasteiger partial charge in [-0.15, -0.1) is 0 Å². The molecule has 30 heavy (non-hydrogen) atoms. The maximum atomic E-state index is 12.9. The van der Waals surface area contributed by atoms with Gasteiger partial charge in [0.2, 0.25) is 0 Å². The summed E-state index contributed by atoms with van der Waals surface area (Å²) in [6.07, 6.45) is 1.94. The van der Waals surface area contributed by atoms with Crippen LogP contribution in [0.25, 0.3) is 16.9 Å². The lowest BCUT2D eigenvalue weighted by atomic mass is 10.1. The molecule has 0 spiro atoms. The van der Waals surface area contributed by atoms with Gasteiger partial charge in [0.05, 0.1) is 11.4 Å². The first-order chi connectivity index (χ1) is 14.5. The van der Waals surface area contributed by atoms with Crippen molar-refractivity contribution < 1.29 is 4.79 Å². The Balaban J connectivity index is 1.68. The number of carbonyl (C=O) groups excluding carboxylic acids is 1. The Morgan fingerprint density at radius 2 is 1.60 bits per heavy atom. The molecule has 0 fully saturated rings. The second-order valence-electron chi connectivity index (χ2n) is 6.99.